The number of carboxylic acid groups (broad SMARTS) is 1. The van der Waals surface area contributed by atoms with Gasteiger partial charge >= 0.3 is 5.97 Å². The minimum Gasteiger partial charge on any atom is -0.476 e. The average molecular weight is 344 g/mol. The maximum absolute atomic E-state index is 13.1. The predicted molar refractivity (Wildman–Crippen MR) is 82.6 cm³/mol. The Kier molecular flexibility index (Phi) is 4.64. The van der Waals surface area contributed by atoms with Crippen molar-refractivity contribution in [2.75, 3.05) is 0 Å². The Balaban J connectivity index is 1.82. The van der Waals surface area contributed by atoms with E-state index in [4.69, 9.17) is 14.4 Å². The van der Waals surface area contributed by atoms with Gasteiger partial charge in [-0.25, -0.2) is 9.18 Å². The van der Waals surface area contributed by atoms with Crippen LogP contribution < -0.4 is 4.74 Å². The van der Waals surface area contributed by atoms with Gasteiger partial charge in [-0.05, 0) is 25.1 Å². The molecule has 0 bridgehead atoms. The normalized spacial score (nSPS) is 10.6. The highest BCUT2D eigenvalue weighted by atomic mass is 19.1. The molecule has 3 aromatic heterocycles. The third kappa shape index (κ3) is 3.60. The van der Waals surface area contributed by atoms with Crippen molar-refractivity contribution in [1.29, 1.82) is 0 Å². The molecule has 128 valence electrons. The van der Waals surface area contributed by atoms with E-state index >= 15 is 0 Å². The number of ether oxygens (including phenoxy) is 1. The summed E-state index contributed by atoms with van der Waals surface area (Å²) in [7, 11) is 0. The topological polar surface area (TPSA) is 111 Å². The number of rotatable bonds is 6. The van der Waals surface area contributed by atoms with Crippen molar-refractivity contribution in [1.82, 2.24) is 20.3 Å². The Bertz CT molecular complexity index is 878. The number of carboxylic acids is 1. The Morgan fingerprint density at radius 1 is 1.28 bits per heavy atom. The van der Waals surface area contributed by atoms with Crippen LogP contribution in [0.1, 0.15) is 27.5 Å². The Morgan fingerprint density at radius 3 is 2.72 bits per heavy atom. The number of halogens is 1. The zero-order valence-corrected chi connectivity index (χ0v) is 13.1. The van der Waals surface area contributed by atoms with Crippen LogP contribution in [0.2, 0.25) is 0 Å². The maximum Gasteiger partial charge on any atom is 0.356 e. The summed E-state index contributed by atoms with van der Waals surface area (Å²) in [4.78, 5) is 14.9. The highest BCUT2D eigenvalue weighted by Gasteiger charge is 2.19. The quantitative estimate of drug-likeness (QED) is 0.726. The van der Waals surface area contributed by atoms with Crippen LogP contribution in [-0.2, 0) is 13.3 Å². The molecule has 0 atom stereocenters. The number of nitrogens with zero attached hydrogens (tertiary/aromatic N) is 4. The standard InChI is InChI=1S/C16H13FN4O4/c1-9-2-3-10(7-18-9)15-11(13(6-17)25-21-15)8-24-14-5-4-12(16(22)23)19-20-14/h2-5,7H,6,8H2,1H3,(H,22,23). The number of aromatic carboxylic acids is 1. The molecule has 3 aromatic rings. The molecule has 0 amide bonds. The second-order valence-electron chi connectivity index (χ2n) is 5.11. The first-order valence-electron chi connectivity index (χ1n) is 7.24. The minimum atomic E-state index is -1.19. The summed E-state index contributed by atoms with van der Waals surface area (Å²) in [6, 6.07) is 6.23. The second kappa shape index (κ2) is 7.04. The molecule has 3 heterocycles. The number of carbonyl (C=O) groups is 1. The van der Waals surface area contributed by atoms with Crippen LogP contribution in [0.3, 0.4) is 0 Å². The molecule has 8 nitrogen and oxygen atoms in total. The first-order valence-corrected chi connectivity index (χ1v) is 7.24. The molecule has 3 rings (SSSR count). The predicted octanol–water partition coefficient (Wildman–Crippen LogP) is 2.58. The minimum absolute atomic E-state index is 0.0469. The summed E-state index contributed by atoms with van der Waals surface area (Å²) >= 11 is 0. The van der Waals surface area contributed by atoms with E-state index in [1.807, 2.05) is 6.92 Å². The van der Waals surface area contributed by atoms with Gasteiger partial charge in [0.1, 0.15) is 12.3 Å². The van der Waals surface area contributed by atoms with Gasteiger partial charge in [0.2, 0.25) is 5.88 Å². The molecule has 1 N–H and O–H groups in total. The van der Waals surface area contributed by atoms with E-state index in [0.717, 1.165) is 5.69 Å². The van der Waals surface area contributed by atoms with Gasteiger partial charge in [0.05, 0.1) is 5.56 Å². The van der Waals surface area contributed by atoms with Gasteiger partial charge in [-0.15, -0.1) is 10.2 Å². The largest absolute Gasteiger partial charge is 0.476 e. The second-order valence-corrected chi connectivity index (χ2v) is 5.11. The molecule has 0 unspecified atom stereocenters. The molecule has 0 radical (unpaired) electrons. The van der Waals surface area contributed by atoms with Crippen LogP contribution in [-0.4, -0.2) is 31.4 Å². The lowest BCUT2D eigenvalue weighted by Gasteiger charge is -2.06. The van der Waals surface area contributed by atoms with Crippen molar-refractivity contribution < 1.29 is 23.6 Å². The Morgan fingerprint density at radius 2 is 2.12 bits per heavy atom. The molecule has 0 aromatic carbocycles. The van der Waals surface area contributed by atoms with Crippen molar-refractivity contribution >= 4 is 5.97 Å². The fourth-order valence-electron chi connectivity index (χ4n) is 2.09. The van der Waals surface area contributed by atoms with Gasteiger partial charge < -0.3 is 14.4 Å². The Hall–Kier alpha value is -3.36. The van der Waals surface area contributed by atoms with Crippen LogP contribution in [0.25, 0.3) is 11.3 Å². The van der Waals surface area contributed by atoms with E-state index in [9.17, 15) is 9.18 Å². The van der Waals surface area contributed by atoms with Crippen molar-refractivity contribution in [3.8, 4) is 17.1 Å². The molecule has 0 saturated carbocycles. The molecule has 0 aliphatic heterocycles. The summed E-state index contributed by atoms with van der Waals surface area (Å²) in [5.41, 5.74) is 2.16. The van der Waals surface area contributed by atoms with Gasteiger partial charge in [0, 0.05) is 23.5 Å². The number of pyridine rings is 1. The van der Waals surface area contributed by atoms with Gasteiger partial charge in [-0.2, -0.15) is 0 Å². The van der Waals surface area contributed by atoms with E-state index in [2.05, 4.69) is 20.3 Å². The van der Waals surface area contributed by atoms with E-state index < -0.39 is 12.6 Å². The number of alkyl halides is 1. The zero-order chi connectivity index (χ0) is 17.8. The average Bonchev–Trinajstić information content (AvgIpc) is 3.04. The molecule has 0 fully saturated rings. The first-order chi connectivity index (χ1) is 12.1. The van der Waals surface area contributed by atoms with Crippen molar-refractivity contribution in [3.05, 3.63) is 53.2 Å². The van der Waals surface area contributed by atoms with Gasteiger partial charge in [0.25, 0.3) is 0 Å². The third-order valence-electron chi connectivity index (χ3n) is 3.40. The molecular weight excluding hydrogens is 331 g/mol. The lowest BCUT2D eigenvalue weighted by Crippen LogP contribution is -2.05. The van der Waals surface area contributed by atoms with Crippen LogP contribution in [0.4, 0.5) is 4.39 Å². The number of hydrogen-bond donors (Lipinski definition) is 1. The fraction of sp³-hybridized carbons (Fsp3) is 0.188. The molecule has 0 saturated heterocycles. The van der Waals surface area contributed by atoms with Gasteiger partial charge in [-0.1, -0.05) is 5.16 Å². The lowest BCUT2D eigenvalue weighted by molar-refractivity contribution is 0.0689. The fourth-order valence-corrected chi connectivity index (χ4v) is 2.09. The molecule has 0 aliphatic rings. The Labute approximate surface area is 141 Å². The van der Waals surface area contributed by atoms with Crippen LogP contribution >= 0.6 is 0 Å². The SMILES string of the molecule is Cc1ccc(-c2noc(CF)c2COc2ccc(C(=O)O)nn2)cn1. The van der Waals surface area contributed by atoms with Crippen molar-refractivity contribution in [2.24, 2.45) is 0 Å². The summed E-state index contributed by atoms with van der Waals surface area (Å²) < 4.78 is 23.6. The number of hydrogen-bond acceptors (Lipinski definition) is 7. The third-order valence-corrected chi connectivity index (χ3v) is 3.40. The monoisotopic (exact) mass is 344 g/mol. The molecule has 25 heavy (non-hydrogen) atoms. The summed E-state index contributed by atoms with van der Waals surface area (Å²) in [6.45, 7) is 0.949. The van der Waals surface area contributed by atoms with E-state index in [0.29, 0.717) is 16.8 Å². The van der Waals surface area contributed by atoms with Gasteiger partial charge in [-0.3, -0.25) is 4.98 Å². The molecular formula is C16H13FN4O4. The van der Waals surface area contributed by atoms with Gasteiger partial charge in [0.15, 0.2) is 18.1 Å². The number of aryl methyl sites for hydroxylation is 1. The van der Waals surface area contributed by atoms with E-state index in [-0.39, 0.29) is 23.9 Å². The maximum atomic E-state index is 13.1. The molecule has 0 spiro atoms. The van der Waals surface area contributed by atoms with Crippen molar-refractivity contribution in [3.63, 3.8) is 0 Å². The number of aromatic nitrogens is 4. The molecule has 0 aliphatic carbocycles. The zero-order valence-electron chi connectivity index (χ0n) is 13.1. The van der Waals surface area contributed by atoms with Crippen LogP contribution in [0.5, 0.6) is 5.88 Å². The van der Waals surface area contributed by atoms with E-state index in [1.54, 1.807) is 18.3 Å². The van der Waals surface area contributed by atoms with Crippen LogP contribution in [0.15, 0.2) is 35.0 Å². The summed E-state index contributed by atoms with van der Waals surface area (Å²) in [5.74, 6) is -1.04. The lowest BCUT2D eigenvalue weighted by atomic mass is 10.1. The summed E-state index contributed by atoms with van der Waals surface area (Å²) in [5, 5.41) is 19.9. The van der Waals surface area contributed by atoms with Crippen LogP contribution in [0, 0.1) is 6.92 Å². The first kappa shape index (κ1) is 16.5. The van der Waals surface area contributed by atoms with Crippen molar-refractivity contribution in [2.45, 2.75) is 20.2 Å². The smallest absolute Gasteiger partial charge is 0.356 e. The highest BCUT2D eigenvalue weighted by Crippen LogP contribution is 2.27. The molecule has 9 heteroatoms. The van der Waals surface area contributed by atoms with E-state index in [1.165, 1.54) is 12.1 Å². The summed E-state index contributed by atoms with van der Waals surface area (Å²) in [6.07, 6.45) is 1.61. The highest BCUT2D eigenvalue weighted by molar-refractivity contribution is 5.84.